The lowest BCUT2D eigenvalue weighted by Gasteiger charge is -2.18. The molecule has 0 radical (unpaired) electrons. The van der Waals surface area contributed by atoms with Crippen molar-refractivity contribution in [2.45, 2.75) is 19.4 Å². The van der Waals surface area contributed by atoms with Crippen LogP contribution in [-0.4, -0.2) is 23.0 Å². The Morgan fingerprint density at radius 2 is 1.72 bits per heavy atom. The van der Waals surface area contributed by atoms with Gasteiger partial charge in [0.1, 0.15) is 5.52 Å². The maximum atomic E-state index is 13.4. The lowest BCUT2D eigenvalue weighted by Crippen LogP contribution is -2.32. The van der Waals surface area contributed by atoms with Crippen LogP contribution in [0.4, 0.5) is 5.69 Å². The maximum Gasteiger partial charge on any atom is 0.339 e. The average Bonchev–Trinajstić information content (AvgIpc) is 3.33. The molecule has 0 aliphatic heterocycles. The highest BCUT2D eigenvalue weighted by molar-refractivity contribution is 6.44. The van der Waals surface area contributed by atoms with E-state index in [1.165, 1.54) is 0 Å². The summed E-state index contributed by atoms with van der Waals surface area (Å²) >= 11 is 12.2. The Labute approximate surface area is 216 Å². The SMILES string of the molecule is CCC(OC(=O)c1cccc2cccc(-c3nc4ccccc4o3)c12)C(=O)Nc1cccc(Cl)c1Cl. The van der Waals surface area contributed by atoms with Crippen molar-refractivity contribution in [2.24, 2.45) is 0 Å². The maximum absolute atomic E-state index is 13.4. The molecule has 5 aromatic rings. The third-order valence-corrected chi connectivity index (χ3v) is 6.59. The first-order valence-corrected chi connectivity index (χ1v) is 12.1. The standard InChI is InChI=1S/C28H20Cl2N2O4/c1-2-22(26(33)31-21-14-7-12-19(29)25(21)30)36-28(34)18-11-6-9-16-8-5-10-17(24(16)18)27-32-20-13-3-4-15-23(20)35-27/h3-15,22H,2H2,1H3,(H,31,33). The van der Waals surface area contributed by atoms with Crippen molar-refractivity contribution in [3.63, 3.8) is 0 Å². The van der Waals surface area contributed by atoms with Gasteiger partial charge in [-0.05, 0) is 48.2 Å². The lowest BCUT2D eigenvalue weighted by molar-refractivity contribution is -0.124. The first-order valence-electron chi connectivity index (χ1n) is 11.3. The second-order valence-electron chi connectivity index (χ2n) is 8.09. The van der Waals surface area contributed by atoms with E-state index in [0.29, 0.717) is 44.2 Å². The zero-order valence-electron chi connectivity index (χ0n) is 19.1. The fourth-order valence-corrected chi connectivity index (χ4v) is 4.35. The van der Waals surface area contributed by atoms with E-state index in [1.807, 2.05) is 48.5 Å². The van der Waals surface area contributed by atoms with Crippen molar-refractivity contribution in [1.29, 1.82) is 0 Å². The van der Waals surface area contributed by atoms with Gasteiger partial charge in [-0.1, -0.05) is 72.6 Å². The molecule has 0 bridgehead atoms. The number of nitrogens with zero attached hydrogens (tertiary/aromatic N) is 1. The highest BCUT2D eigenvalue weighted by atomic mass is 35.5. The minimum Gasteiger partial charge on any atom is -0.449 e. The molecule has 0 aliphatic rings. The van der Waals surface area contributed by atoms with Crippen LogP contribution in [0, 0.1) is 0 Å². The third-order valence-electron chi connectivity index (χ3n) is 5.77. The summed E-state index contributed by atoms with van der Waals surface area (Å²) in [4.78, 5) is 30.9. The van der Waals surface area contributed by atoms with Gasteiger partial charge in [-0.25, -0.2) is 9.78 Å². The molecule has 4 aromatic carbocycles. The van der Waals surface area contributed by atoms with Crippen LogP contribution in [0.3, 0.4) is 0 Å². The van der Waals surface area contributed by atoms with Crippen LogP contribution >= 0.6 is 23.2 Å². The lowest BCUT2D eigenvalue weighted by atomic mass is 9.99. The number of carbonyl (C=O) groups is 2. The van der Waals surface area contributed by atoms with Crippen LogP contribution in [0.2, 0.25) is 10.0 Å². The number of benzene rings is 4. The third kappa shape index (κ3) is 4.53. The van der Waals surface area contributed by atoms with Gasteiger partial charge in [0.15, 0.2) is 11.7 Å². The zero-order chi connectivity index (χ0) is 25.2. The Morgan fingerprint density at radius 3 is 2.50 bits per heavy atom. The molecule has 0 aliphatic carbocycles. The number of anilines is 1. The number of hydrogen-bond acceptors (Lipinski definition) is 5. The number of halogens is 2. The quantitative estimate of drug-likeness (QED) is 0.235. The number of amides is 1. The van der Waals surface area contributed by atoms with Crippen LogP contribution in [-0.2, 0) is 9.53 Å². The molecule has 1 heterocycles. The van der Waals surface area contributed by atoms with E-state index >= 15 is 0 Å². The van der Waals surface area contributed by atoms with E-state index < -0.39 is 18.0 Å². The van der Waals surface area contributed by atoms with Crippen LogP contribution in [0.5, 0.6) is 0 Å². The van der Waals surface area contributed by atoms with Gasteiger partial charge in [-0.3, -0.25) is 4.79 Å². The number of fused-ring (bicyclic) bond motifs is 2. The predicted molar refractivity (Wildman–Crippen MR) is 142 cm³/mol. The van der Waals surface area contributed by atoms with E-state index in [0.717, 1.165) is 5.39 Å². The molecular formula is C28H20Cl2N2O4. The highest BCUT2D eigenvalue weighted by Crippen LogP contribution is 2.34. The van der Waals surface area contributed by atoms with Crippen LogP contribution in [0.25, 0.3) is 33.3 Å². The molecule has 1 N–H and O–H groups in total. The number of rotatable bonds is 6. The summed E-state index contributed by atoms with van der Waals surface area (Å²) in [5, 5.41) is 4.65. The van der Waals surface area contributed by atoms with Crippen molar-refractivity contribution >= 4 is 62.6 Å². The molecule has 180 valence electrons. The van der Waals surface area contributed by atoms with Gasteiger partial charge in [0.05, 0.1) is 21.3 Å². The minimum absolute atomic E-state index is 0.214. The summed E-state index contributed by atoms with van der Waals surface area (Å²) in [7, 11) is 0. The molecule has 8 heteroatoms. The number of oxazole rings is 1. The van der Waals surface area contributed by atoms with E-state index in [-0.39, 0.29) is 11.4 Å². The van der Waals surface area contributed by atoms with Gasteiger partial charge < -0.3 is 14.5 Å². The van der Waals surface area contributed by atoms with E-state index in [4.69, 9.17) is 32.4 Å². The molecule has 0 saturated heterocycles. The van der Waals surface area contributed by atoms with E-state index in [1.54, 1.807) is 37.3 Å². The summed E-state index contributed by atoms with van der Waals surface area (Å²) in [6.45, 7) is 1.75. The molecular weight excluding hydrogens is 499 g/mol. The average molecular weight is 519 g/mol. The summed E-state index contributed by atoms with van der Waals surface area (Å²) in [6.07, 6.45) is -0.780. The van der Waals surface area contributed by atoms with E-state index in [2.05, 4.69) is 10.3 Å². The Bertz CT molecular complexity index is 1570. The summed E-state index contributed by atoms with van der Waals surface area (Å²) < 4.78 is 11.6. The molecule has 1 aromatic heterocycles. The van der Waals surface area contributed by atoms with Crippen molar-refractivity contribution in [3.8, 4) is 11.5 Å². The Balaban J connectivity index is 1.48. The first-order chi connectivity index (χ1) is 17.5. The number of aromatic nitrogens is 1. The summed E-state index contributed by atoms with van der Waals surface area (Å²) in [5.41, 5.74) is 2.66. The second kappa shape index (κ2) is 10.0. The number of carbonyl (C=O) groups excluding carboxylic acids is 2. The number of para-hydroxylation sites is 2. The van der Waals surface area contributed by atoms with Crippen molar-refractivity contribution in [1.82, 2.24) is 4.98 Å². The predicted octanol–water partition coefficient (Wildman–Crippen LogP) is 7.53. The van der Waals surface area contributed by atoms with Crippen LogP contribution < -0.4 is 5.32 Å². The highest BCUT2D eigenvalue weighted by Gasteiger charge is 2.25. The van der Waals surface area contributed by atoms with Crippen molar-refractivity contribution < 1.29 is 18.7 Å². The van der Waals surface area contributed by atoms with Crippen LogP contribution in [0.15, 0.2) is 83.3 Å². The van der Waals surface area contributed by atoms with Gasteiger partial charge in [0, 0.05) is 10.9 Å². The molecule has 6 nitrogen and oxygen atoms in total. The van der Waals surface area contributed by atoms with Crippen molar-refractivity contribution in [2.75, 3.05) is 5.32 Å². The fourth-order valence-electron chi connectivity index (χ4n) is 4.01. The molecule has 36 heavy (non-hydrogen) atoms. The number of ether oxygens (including phenoxy) is 1. The number of hydrogen-bond donors (Lipinski definition) is 1. The Morgan fingerprint density at radius 1 is 0.972 bits per heavy atom. The van der Waals surface area contributed by atoms with Crippen molar-refractivity contribution in [3.05, 3.63) is 94.5 Å². The van der Waals surface area contributed by atoms with Gasteiger partial charge in [0.25, 0.3) is 5.91 Å². The summed E-state index contributed by atoms with van der Waals surface area (Å²) in [6, 6.07) is 23.3. The topological polar surface area (TPSA) is 81.4 Å². The minimum atomic E-state index is -1.04. The smallest absolute Gasteiger partial charge is 0.339 e. The first kappa shape index (κ1) is 23.9. The number of esters is 1. The molecule has 1 unspecified atom stereocenters. The Hall–Kier alpha value is -3.87. The number of nitrogens with one attached hydrogen (secondary N) is 1. The van der Waals surface area contributed by atoms with Crippen LogP contribution in [0.1, 0.15) is 23.7 Å². The molecule has 5 rings (SSSR count). The monoisotopic (exact) mass is 518 g/mol. The van der Waals surface area contributed by atoms with E-state index in [9.17, 15) is 9.59 Å². The molecule has 1 atom stereocenters. The normalized spacial score (nSPS) is 12.0. The molecule has 1 amide bonds. The van der Waals surface area contributed by atoms with Gasteiger partial charge in [0.2, 0.25) is 5.89 Å². The largest absolute Gasteiger partial charge is 0.449 e. The molecule has 0 saturated carbocycles. The summed E-state index contributed by atoms with van der Waals surface area (Å²) in [5.74, 6) is -0.750. The molecule has 0 spiro atoms. The molecule has 0 fully saturated rings. The fraction of sp³-hybridized carbons (Fsp3) is 0.107. The Kier molecular flexibility index (Phi) is 6.63. The van der Waals surface area contributed by atoms with Gasteiger partial charge in [-0.15, -0.1) is 0 Å². The second-order valence-corrected chi connectivity index (χ2v) is 8.87. The van der Waals surface area contributed by atoms with Gasteiger partial charge >= 0.3 is 5.97 Å². The van der Waals surface area contributed by atoms with Gasteiger partial charge in [-0.2, -0.15) is 0 Å². The zero-order valence-corrected chi connectivity index (χ0v) is 20.6.